The van der Waals surface area contributed by atoms with Gasteiger partial charge >= 0.3 is 0 Å². The van der Waals surface area contributed by atoms with E-state index >= 15 is 0 Å². The molecule has 0 radical (unpaired) electrons. The minimum Gasteiger partial charge on any atom is -0.399 e. The molecule has 1 saturated heterocycles. The number of hydrogen-bond acceptors (Lipinski definition) is 3. The second kappa shape index (κ2) is 4.31. The number of carbonyl (C=O) groups is 1. The number of nitrogens with zero attached hydrogens (tertiary/aromatic N) is 1. The Kier molecular flexibility index (Phi) is 2.87. The van der Waals surface area contributed by atoms with Gasteiger partial charge in [0.2, 0.25) is 5.91 Å². The highest BCUT2D eigenvalue weighted by atomic mass is 16.5. The van der Waals surface area contributed by atoms with E-state index in [1.807, 2.05) is 24.3 Å². The summed E-state index contributed by atoms with van der Waals surface area (Å²) in [6, 6.07) is 7.58. The van der Waals surface area contributed by atoms with Crippen molar-refractivity contribution in [2.24, 2.45) is 0 Å². The summed E-state index contributed by atoms with van der Waals surface area (Å²) >= 11 is 0. The Morgan fingerprint density at radius 2 is 2.07 bits per heavy atom. The van der Waals surface area contributed by atoms with Gasteiger partial charge < -0.3 is 15.4 Å². The van der Waals surface area contributed by atoms with Crippen LogP contribution >= 0.6 is 0 Å². The fourth-order valence-electron chi connectivity index (χ4n) is 1.56. The van der Waals surface area contributed by atoms with Crippen molar-refractivity contribution in [2.45, 2.75) is 6.54 Å². The third-order valence-electron chi connectivity index (χ3n) is 2.44. The first kappa shape index (κ1) is 9.98. The van der Waals surface area contributed by atoms with E-state index in [0.29, 0.717) is 19.7 Å². The summed E-state index contributed by atoms with van der Waals surface area (Å²) in [4.78, 5) is 13.2. The Labute approximate surface area is 88.6 Å². The number of morpholine rings is 1. The number of nitrogen functional groups attached to an aromatic ring is 1. The molecule has 1 aromatic carbocycles. The van der Waals surface area contributed by atoms with Gasteiger partial charge in [-0.2, -0.15) is 0 Å². The maximum absolute atomic E-state index is 11.4. The van der Waals surface area contributed by atoms with E-state index in [1.165, 1.54) is 0 Å². The minimum atomic E-state index is 0.0538. The van der Waals surface area contributed by atoms with Crippen molar-refractivity contribution < 1.29 is 9.53 Å². The van der Waals surface area contributed by atoms with Crippen LogP contribution in [0.25, 0.3) is 0 Å². The maximum atomic E-state index is 11.4. The zero-order chi connectivity index (χ0) is 10.7. The van der Waals surface area contributed by atoms with E-state index in [0.717, 1.165) is 11.3 Å². The van der Waals surface area contributed by atoms with E-state index in [2.05, 4.69) is 0 Å². The smallest absolute Gasteiger partial charge is 0.248 e. The first-order valence-electron chi connectivity index (χ1n) is 4.95. The number of rotatable bonds is 2. The van der Waals surface area contributed by atoms with Crippen LogP contribution < -0.4 is 5.73 Å². The summed E-state index contributed by atoms with van der Waals surface area (Å²) in [5.74, 6) is 0.0538. The Hall–Kier alpha value is -1.55. The summed E-state index contributed by atoms with van der Waals surface area (Å²) < 4.78 is 5.06. The molecule has 0 unspecified atom stereocenters. The van der Waals surface area contributed by atoms with Crippen LogP contribution in [0.1, 0.15) is 5.56 Å². The second-order valence-electron chi connectivity index (χ2n) is 3.61. The maximum Gasteiger partial charge on any atom is 0.248 e. The fraction of sp³-hybridized carbons (Fsp3) is 0.364. The molecule has 1 aliphatic rings. The number of hydrogen-bond donors (Lipinski definition) is 1. The zero-order valence-corrected chi connectivity index (χ0v) is 8.48. The molecule has 0 bridgehead atoms. The minimum absolute atomic E-state index is 0.0538. The Morgan fingerprint density at radius 1 is 1.33 bits per heavy atom. The van der Waals surface area contributed by atoms with Gasteiger partial charge in [0.1, 0.15) is 6.61 Å². The number of amides is 1. The molecule has 4 heteroatoms. The standard InChI is InChI=1S/C11H14N2O2/c12-10-3-1-9(2-4-10)7-13-5-6-15-8-11(13)14/h1-4H,5-8,12H2. The molecule has 1 heterocycles. The molecule has 1 aliphatic heterocycles. The highest BCUT2D eigenvalue weighted by molar-refractivity contribution is 5.78. The molecule has 0 aliphatic carbocycles. The fourth-order valence-corrected chi connectivity index (χ4v) is 1.56. The van der Waals surface area contributed by atoms with Crippen molar-refractivity contribution in [3.63, 3.8) is 0 Å². The van der Waals surface area contributed by atoms with Crippen LogP contribution in [-0.4, -0.2) is 30.6 Å². The van der Waals surface area contributed by atoms with E-state index in [4.69, 9.17) is 10.5 Å². The van der Waals surface area contributed by atoms with Crippen LogP contribution in [0.5, 0.6) is 0 Å². The van der Waals surface area contributed by atoms with Crippen LogP contribution in [0.3, 0.4) is 0 Å². The summed E-state index contributed by atoms with van der Waals surface area (Å²) in [6.45, 7) is 2.14. The lowest BCUT2D eigenvalue weighted by Crippen LogP contribution is -2.40. The van der Waals surface area contributed by atoms with Crippen molar-refractivity contribution in [2.75, 3.05) is 25.5 Å². The topological polar surface area (TPSA) is 55.6 Å². The van der Waals surface area contributed by atoms with E-state index in [-0.39, 0.29) is 12.5 Å². The molecular formula is C11H14N2O2. The molecule has 0 atom stereocenters. The molecule has 2 N–H and O–H groups in total. The van der Waals surface area contributed by atoms with Gasteiger partial charge in [-0.05, 0) is 17.7 Å². The van der Waals surface area contributed by atoms with Crippen molar-refractivity contribution >= 4 is 11.6 Å². The monoisotopic (exact) mass is 206 g/mol. The van der Waals surface area contributed by atoms with Crippen LogP contribution in [0, 0.1) is 0 Å². The average Bonchev–Trinajstić information content (AvgIpc) is 2.25. The molecule has 0 saturated carbocycles. The van der Waals surface area contributed by atoms with E-state index < -0.39 is 0 Å². The predicted octanol–water partition coefficient (Wildman–Crippen LogP) is 0.628. The molecule has 1 aromatic rings. The normalized spacial score (nSPS) is 16.8. The van der Waals surface area contributed by atoms with Crippen LogP contribution in [0.15, 0.2) is 24.3 Å². The Bertz CT molecular complexity index is 348. The molecule has 4 nitrogen and oxygen atoms in total. The number of nitrogens with two attached hydrogens (primary N) is 1. The van der Waals surface area contributed by atoms with Gasteiger partial charge in [0.05, 0.1) is 6.61 Å². The van der Waals surface area contributed by atoms with Gasteiger partial charge in [-0.3, -0.25) is 4.79 Å². The molecule has 0 aromatic heterocycles. The lowest BCUT2D eigenvalue weighted by molar-refractivity contribution is -0.143. The van der Waals surface area contributed by atoms with Gasteiger partial charge in [0.25, 0.3) is 0 Å². The van der Waals surface area contributed by atoms with Crippen LogP contribution in [0.2, 0.25) is 0 Å². The average molecular weight is 206 g/mol. The van der Waals surface area contributed by atoms with Gasteiger partial charge in [0, 0.05) is 18.8 Å². The second-order valence-corrected chi connectivity index (χ2v) is 3.61. The van der Waals surface area contributed by atoms with Crippen molar-refractivity contribution in [1.82, 2.24) is 4.90 Å². The Morgan fingerprint density at radius 3 is 2.73 bits per heavy atom. The number of anilines is 1. The first-order valence-corrected chi connectivity index (χ1v) is 4.95. The Balaban J connectivity index is 2.01. The van der Waals surface area contributed by atoms with Gasteiger partial charge in [-0.15, -0.1) is 0 Å². The molecule has 1 fully saturated rings. The summed E-state index contributed by atoms with van der Waals surface area (Å²) in [5, 5.41) is 0. The van der Waals surface area contributed by atoms with Crippen molar-refractivity contribution in [1.29, 1.82) is 0 Å². The number of carbonyl (C=O) groups excluding carboxylic acids is 1. The van der Waals surface area contributed by atoms with Crippen LogP contribution in [-0.2, 0) is 16.1 Å². The molecular weight excluding hydrogens is 192 g/mol. The van der Waals surface area contributed by atoms with E-state index in [9.17, 15) is 4.79 Å². The highest BCUT2D eigenvalue weighted by Crippen LogP contribution is 2.10. The first-order chi connectivity index (χ1) is 7.25. The van der Waals surface area contributed by atoms with Gasteiger partial charge in [-0.1, -0.05) is 12.1 Å². The largest absolute Gasteiger partial charge is 0.399 e. The molecule has 80 valence electrons. The molecule has 0 spiro atoms. The van der Waals surface area contributed by atoms with Gasteiger partial charge in [-0.25, -0.2) is 0 Å². The van der Waals surface area contributed by atoms with Crippen molar-refractivity contribution in [3.05, 3.63) is 29.8 Å². The molecule has 15 heavy (non-hydrogen) atoms. The molecule has 2 rings (SSSR count). The summed E-state index contributed by atoms with van der Waals surface area (Å²) in [6.07, 6.45) is 0. The lowest BCUT2D eigenvalue weighted by Gasteiger charge is -2.26. The third-order valence-corrected chi connectivity index (χ3v) is 2.44. The SMILES string of the molecule is Nc1ccc(CN2CCOCC2=O)cc1. The van der Waals surface area contributed by atoms with Crippen molar-refractivity contribution in [3.8, 4) is 0 Å². The lowest BCUT2D eigenvalue weighted by atomic mass is 10.2. The van der Waals surface area contributed by atoms with Gasteiger partial charge in [0.15, 0.2) is 0 Å². The van der Waals surface area contributed by atoms with Crippen LogP contribution in [0.4, 0.5) is 5.69 Å². The summed E-state index contributed by atoms with van der Waals surface area (Å²) in [7, 11) is 0. The zero-order valence-electron chi connectivity index (χ0n) is 8.48. The predicted molar refractivity (Wildman–Crippen MR) is 57.1 cm³/mol. The highest BCUT2D eigenvalue weighted by Gasteiger charge is 2.18. The quantitative estimate of drug-likeness (QED) is 0.722. The third kappa shape index (κ3) is 2.47. The summed E-state index contributed by atoms with van der Waals surface area (Å²) in [5.41, 5.74) is 7.43. The number of benzene rings is 1. The number of ether oxygens (including phenoxy) is 1. The van der Waals surface area contributed by atoms with E-state index in [1.54, 1.807) is 4.90 Å². The molecule has 1 amide bonds.